The van der Waals surface area contributed by atoms with E-state index in [0.717, 1.165) is 11.3 Å². The number of nitrogens with one attached hydrogen (secondary N) is 1. The lowest BCUT2D eigenvalue weighted by Gasteiger charge is -2.31. The third kappa shape index (κ3) is 4.31. The standard InChI is InChI=1S/C20H24N2O4S/c1-15-6-3-4-8-19(15)21-20(23)16-7-5-13-22(14-16)27(24,25)18-11-9-17(26-2)10-12-18/h3-4,6,8-12,16H,5,7,13-14H2,1-2H3,(H,21,23)/t16-/m0/s1. The molecule has 1 amide bonds. The number of amides is 1. The van der Waals surface area contributed by atoms with E-state index in [0.29, 0.717) is 25.1 Å². The van der Waals surface area contributed by atoms with E-state index < -0.39 is 10.0 Å². The van der Waals surface area contributed by atoms with Crippen LogP contribution in [0.2, 0.25) is 0 Å². The number of benzene rings is 2. The van der Waals surface area contributed by atoms with Crippen LogP contribution in [0.3, 0.4) is 0 Å². The number of sulfonamides is 1. The molecule has 1 aliphatic heterocycles. The van der Waals surface area contributed by atoms with Crippen LogP contribution in [0.5, 0.6) is 5.75 Å². The second kappa shape index (κ2) is 8.10. The van der Waals surface area contributed by atoms with Gasteiger partial charge in [0.25, 0.3) is 0 Å². The Labute approximate surface area is 160 Å². The summed E-state index contributed by atoms with van der Waals surface area (Å²) in [5, 5.41) is 2.93. The smallest absolute Gasteiger partial charge is 0.243 e. The number of carbonyl (C=O) groups excluding carboxylic acids is 1. The maximum absolute atomic E-state index is 12.9. The van der Waals surface area contributed by atoms with E-state index in [9.17, 15) is 13.2 Å². The zero-order valence-electron chi connectivity index (χ0n) is 15.5. The average Bonchev–Trinajstić information content (AvgIpc) is 2.70. The molecule has 144 valence electrons. The number of para-hydroxylation sites is 1. The quantitative estimate of drug-likeness (QED) is 0.854. The zero-order chi connectivity index (χ0) is 19.4. The van der Waals surface area contributed by atoms with Gasteiger partial charge in [-0.3, -0.25) is 4.79 Å². The van der Waals surface area contributed by atoms with Crippen LogP contribution < -0.4 is 10.1 Å². The summed E-state index contributed by atoms with van der Waals surface area (Å²) in [5.41, 5.74) is 1.74. The number of ether oxygens (including phenoxy) is 1. The molecule has 1 saturated heterocycles. The number of anilines is 1. The van der Waals surface area contributed by atoms with Crippen LogP contribution in [-0.2, 0) is 14.8 Å². The molecule has 7 heteroatoms. The monoisotopic (exact) mass is 388 g/mol. The van der Waals surface area contributed by atoms with Gasteiger partial charge in [0.15, 0.2) is 0 Å². The molecule has 3 rings (SSSR count). The third-order valence-corrected chi connectivity index (χ3v) is 6.73. The molecule has 1 aliphatic rings. The Morgan fingerprint density at radius 2 is 1.85 bits per heavy atom. The minimum atomic E-state index is -3.64. The molecular weight excluding hydrogens is 364 g/mol. The minimum Gasteiger partial charge on any atom is -0.497 e. The lowest BCUT2D eigenvalue weighted by Crippen LogP contribution is -2.43. The van der Waals surface area contributed by atoms with Crippen molar-refractivity contribution in [3.05, 3.63) is 54.1 Å². The molecule has 27 heavy (non-hydrogen) atoms. The Morgan fingerprint density at radius 1 is 1.15 bits per heavy atom. The Hall–Kier alpha value is -2.38. The number of carbonyl (C=O) groups is 1. The van der Waals surface area contributed by atoms with Crippen LogP contribution in [0, 0.1) is 12.8 Å². The van der Waals surface area contributed by atoms with Crippen molar-refractivity contribution in [2.45, 2.75) is 24.7 Å². The molecule has 0 radical (unpaired) electrons. The van der Waals surface area contributed by atoms with Crippen LogP contribution in [0.4, 0.5) is 5.69 Å². The summed E-state index contributed by atoms with van der Waals surface area (Å²) in [6.45, 7) is 2.53. The molecule has 0 bridgehead atoms. The maximum Gasteiger partial charge on any atom is 0.243 e. The molecule has 1 fully saturated rings. The first-order valence-corrected chi connectivity index (χ1v) is 10.4. The first-order valence-electron chi connectivity index (χ1n) is 8.92. The SMILES string of the molecule is COc1ccc(S(=O)(=O)N2CCC[C@H](C(=O)Nc3ccccc3C)C2)cc1. The number of methoxy groups -OCH3 is 1. The Kier molecular flexibility index (Phi) is 5.82. The largest absolute Gasteiger partial charge is 0.497 e. The summed E-state index contributed by atoms with van der Waals surface area (Å²) >= 11 is 0. The van der Waals surface area contributed by atoms with Crippen molar-refractivity contribution in [1.29, 1.82) is 0 Å². The van der Waals surface area contributed by atoms with Crippen LogP contribution in [0.15, 0.2) is 53.4 Å². The van der Waals surface area contributed by atoms with Gasteiger partial charge in [0, 0.05) is 18.8 Å². The number of aryl methyl sites for hydroxylation is 1. The molecule has 1 heterocycles. The van der Waals surface area contributed by atoms with Crippen LogP contribution in [0.25, 0.3) is 0 Å². The molecule has 2 aromatic rings. The predicted octanol–water partition coefficient (Wildman–Crippen LogP) is 3.04. The van der Waals surface area contributed by atoms with Gasteiger partial charge < -0.3 is 10.1 Å². The van der Waals surface area contributed by atoms with E-state index >= 15 is 0 Å². The van der Waals surface area contributed by atoms with E-state index in [4.69, 9.17) is 4.74 Å². The third-order valence-electron chi connectivity index (χ3n) is 4.86. The van der Waals surface area contributed by atoms with Gasteiger partial charge in [-0.2, -0.15) is 4.31 Å². The van der Waals surface area contributed by atoms with Crippen LogP contribution in [-0.4, -0.2) is 38.8 Å². The number of hydrogen-bond acceptors (Lipinski definition) is 4. The van der Waals surface area contributed by atoms with Crippen LogP contribution >= 0.6 is 0 Å². The predicted molar refractivity (Wildman–Crippen MR) is 104 cm³/mol. The van der Waals surface area contributed by atoms with Gasteiger partial charge in [0.2, 0.25) is 15.9 Å². The molecule has 2 aromatic carbocycles. The molecule has 0 aliphatic carbocycles. The lowest BCUT2D eigenvalue weighted by molar-refractivity contribution is -0.120. The number of piperidine rings is 1. The van der Waals surface area contributed by atoms with E-state index in [1.165, 1.54) is 23.5 Å². The summed E-state index contributed by atoms with van der Waals surface area (Å²) in [7, 11) is -2.10. The highest BCUT2D eigenvalue weighted by molar-refractivity contribution is 7.89. The van der Waals surface area contributed by atoms with Gasteiger partial charge in [0.05, 0.1) is 17.9 Å². The number of hydrogen-bond donors (Lipinski definition) is 1. The topological polar surface area (TPSA) is 75.7 Å². The molecule has 1 atom stereocenters. The second-order valence-corrected chi connectivity index (χ2v) is 8.62. The summed E-state index contributed by atoms with van der Waals surface area (Å²) < 4.78 is 32.3. The van der Waals surface area contributed by atoms with Crippen molar-refractivity contribution in [2.24, 2.45) is 5.92 Å². The molecule has 1 N–H and O–H groups in total. The summed E-state index contributed by atoms with van der Waals surface area (Å²) in [6.07, 6.45) is 1.33. The molecule has 0 unspecified atom stereocenters. The van der Waals surface area contributed by atoms with Gasteiger partial charge in [-0.25, -0.2) is 8.42 Å². The number of nitrogens with zero attached hydrogens (tertiary/aromatic N) is 1. The van der Waals surface area contributed by atoms with Crippen molar-refractivity contribution in [2.75, 3.05) is 25.5 Å². The summed E-state index contributed by atoms with van der Waals surface area (Å²) in [6, 6.07) is 13.9. The Bertz CT molecular complexity index is 910. The maximum atomic E-state index is 12.9. The van der Waals surface area contributed by atoms with Crippen molar-refractivity contribution in [3.63, 3.8) is 0 Å². The van der Waals surface area contributed by atoms with Gasteiger partial charge in [-0.1, -0.05) is 18.2 Å². The first-order chi connectivity index (χ1) is 12.9. The highest BCUT2D eigenvalue weighted by Crippen LogP contribution is 2.26. The molecule has 0 aromatic heterocycles. The molecule has 0 saturated carbocycles. The average molecular weight is 388 g/mol. The summed E-state index contributed by atoms with van der Waals surface area (Å²) in [4.78, 5) is 12.9. The normalized spacial score (nSPS) is 18.1. The fourth-order valence-corrected chi connectivity index (χ4v) is 4.74. The van der Waals surface area contributed by atoms with Gasteiger partial charge in [0.1, 0.15) is 5.75 Å². The molecule has 0 spiro atoms. The fraction of sp³-hybridized carbons (Fsp3) is 0.350. The minimum absolute atomic E-state index is 0.140. The van der Waals surface area contributed by atoms with E-state index in [-0.39, 0.29) is 23.3 Å². The number of rotatable bonds is 5. The Balaban J connectivity index is 1.72. The van der Waals surface area contributed by atoms with E-state index in [2.05, 4.69) is 5.32 Å². The van der Waals surface area contributed by atoms with Crippen LogP contribution in [0.1, 0.15) is 18.4 Å². The van der Waals surface area contributed by atoms with Crippen molar-refractivity contribution in [1.82, 2.24) is 4.31 Å². The zero-order valence-corrected chi connectivity index (χ0v) is 16.3. The van der Waals surface area contributed by atoms with E-state index in [1.807, 2.05) is 31.2 Å². The summed E-state index contributed by atoms with van der Waals surface area (Å²) in [5.74, 6) is 0.0911. The second-order valence-electron chi connectivity index (χ2n) is 6.68. The first kappa shape index (κ1) is 19.4. The van der Waals surface area contributed by atoms with Gasteiger partial charge >= 0.3 is 0 Å². The molecule has 6 nitrogen and oxygen atoms in total. The lowest BCUT2D eigenvalue weighted by atomic mass is 9.98. The Morgan fingerprint density at radius 3 is 2.52 bits per heavy atom. The highest BCUT2D eigenvalue weighted by Gasteiger charge is 2.33. The van der Waals surface area contributed by atoms with Crippen molar-refractivity contribution in [3.8, 4) is 5.75 Å². The van der Waals surface area contributed by atoms with Crippen molar-refractivity contribution >= 4 is 21.6 Å². The highest BCUT2D eigenvalue weighted by atomic mass is 32.2. The molecular formula is C20H24N2O4S. The fourth-order valence-electron chi connectivity index (χ4n) is 3.22. The van der Waals surface area contributed by atoms with Gasteiger partial charge in [-0.15, -0.1) is 0 Å². The van der Waals surface area contributed by atoms with Gasteiger partial charge in [-0.05, 0) is 55.7 Å². The van der Waals surface area contributed by atoms with Crippen molar-refractivity contribution < 1.29 is 17.9 Å². The van der Waals surface area contributed by atoms with E-state index in [1.54, 1.807) is 12.1 Å².